The molecule has 0 atom stereocenters. The zero-order valence-electron chi connectivity index (χ0n) is 14.0. The number of rotatable bonds is 6. The van der Waals surface area contributed by atoms with E-state index in [-0.39, 0.29) is 22.8 Å². The summed E-state index contributed by atoms with van der Waals surface area (Å²) >= 11 is 0. The molecule has 0 radical (unpaired) electrons. The highest BCUT2D eigenvalue weighted by molar-refractivity contribution is 6.10. The zero-order valence-corrected chi connectivity index (χ0v) is 14.0. The van der Waals surface area contributed by atoms with Gasteiger partial charge >= 0.3 is 0 Å². The first-order valence-electron chi connectivity index (χ1n) is 8.13. The van der Waals surface area contributed by atoms with Gasteiger partial charge in [0.1, 0.15) is 29.4 Å². The Hall–Kier alpha value is -3.53. The van der Waals surface area contributed by atoms with E-state index in [1.54, 1.807) is 42.5 Å². The van der Waals surface area contributed by atoms with Crippen molar-refractivity contribution in [1.29, 1.82) is 0 Å². The van der Waals surface area contributed by atoms with Crippen LogP contribution in [0.2, 0.25) is 0 Å². The van der Waals surface area contributed by atoms with E-state index < -0.39 is 0 Å². The van der Waals surface area contributed by atoms with Crippen molar-refractivity contribution in [2.75, 3.05) is 0 Å². The molecule has 0 aliphatic carbocycles. The Kier molecular flexibility index (Phi) is 5.34. The first-order chi connectivity index (χ1) is 12.6. The van der Waals surface area contributed by atoms with Crippen molar-refractivity contribution >= 4 is 11.9 Å². The molecule has 3 aromatic rings. The maximum absolute atomic E-state index is 12.6. The normalized spacial score (nSPS) is 10.8. The van der Waals surface area contributed by atoms with Crippen molar-refractivity contribution < 1.29 is 19.7 Å². The summed E-state index contributed by atoms with van der Waals surface area (Å²) in [5.74, 6) is -0.00450. The second kappa shape index (κ2) is 8.03. The summed E-state index contributed by atoms with van der Waals surface area (Å²) in [6.07, 6.45) is 2.99. The van der Waals surface area contributed by atoms with Crippen LogP contribution in [-0.4, -0.2) is 16.0 Å². The molecule has 0 saturated carbocycles. The predicted molar refractivity (Wildman–Crippen MR) is 100 cm³/mol. The molecule has 4 nitrogen and oxygen atoms in total. The van der Waals surface area contributed by atoms with E-state index in [4.69, 9.17) is 4.74 Å². The molecule has 0 spiro atoms. The third-order valence-electron chi connectivity index (χ3n) is 3.81. The molecule has 0 aliphatic rings. The van der Waals surface area contributed by atoms with Crippen LogP contribution in [0.4, 0.5) is 0 Å². The van der Waals surface area contributed by atoms with E-state index >= 15 is 0 Å². The van der Waals surface area contributed by atoms with Crippen LogP contribution in [0.1, 0.15) is 21.5 Å². The number of ether oxygens (including phenoxy) is 1. The van der Waals surface area contributed by atoms with Gasteiger partial charge in [0, 0.05) is 0 Å². The monoisotopic (exact) mass is 346 g/mol. The molecule has 0 saturated heterocycles. The average Bonchev–Trinajstić information content (AvgIpc) is 2.66. The van der Waals surface area contributed by atoms with Crippen LogP contribution in [0.3, 0.4) is 0 Å². The van der Waals surface area contributed by atoms with Crippen LogP contribution < -0.4 is 4.74 Å². The summed E-state index contributed by atoms with van der Waals surface area (Å²) in [5, 5.41) is 19.4. The van der Waals surface area contributed by atoms with Crippen molar-refractivity contribution in [3.63, 3.8) is 0 Å². The van der Waals surface area contributed by atoms with E-state index in [0.717, 1.165) is 11.1 Å². The van der Waals surface area contributed by atoms with Gasteiger partial charge in [-0.05, 0) is 41.5 Å². The van der Waals surface area contributed by atoms with Gasteiger partial charge in [-0.3, -0.25) is 4.79 Å². The molecule has 0 aliphatic heterocycles. The van der Waals surface area contributed by atoms with Crippen molar-refractivity contribution in [2.45, 2.75) is 6.61 Å². The van der Waals surface area contributed by atoms with Crippen molar-refractivity contribution in [1.82, 2.24) is 0 Å². The van der Waals surface area contributed by atoms with Crippen LogP contribution in [0, 0.1) is 0 Å². The molecule has 0 fully saturated rings. The number of phenols is 2. The van der Waals surface area contributed by atoms with Gasteiger partial charge in [0.25, 0.3) is 0 Å². The van der Waals surface area contributed by atoms with Crippen molar-refractivity contribution in [3.8, 4) is 17.2 Å². The molecular weight excluding hydrogens is 328 g/mol. The van der Waals surface area contributed by atoms with E-state index in [1.165, 1.54) is 12.1 Å². The maximum atomic E-state index is 12.6. The van der Waals surface area contributed by atoms with E-state index in [0.29, 0.717) is 12.4 Å². The Morgan fingerprint density at radius 2 is 1.62 bits per heavy atom. The molecular formula is C22H18O4. The van der Waals surface area contributed by atoms with Gasteiger partial charge in [0.2, 0.25) is 0 Å². The number of hydrogen-bond acceptors (Lipinski definition) is 4. The second-order valence-corrected chi connectivity index (χ2v) is 5.71. The summed E-state index contributed by atoms with van der Waals surface area (Å²) < 4.78 is 5.75. The lowest BCUT2D eigenvalue weighted by atomic mass is 10.1. The first kappa shape index (κ1) is 17.3. The third kappa shape index (κ3) is 4.30. The van der Waals surface area contributed by atoms with Gasteiger partial charge in [-0.25, -0.2) is 0 Å². The summed E-state index contributed by atoms with van der Waals surface area (Å²) in [4.78, 5) is 12.6. The molecule has 26 heavy (non-hydrogen) atoms. The van der Waals surface area contributed by atoms with E-state index in [2.05, 4.69) is 0 Å². The SMILES string of the molecule is O=C(C=Cc1ccc(O)cc1)c1c(O)cccc1OCc1ccccc1. The molecule has 0 bridgehead atoms. The Morgan fingerprint density at radius 3 is 2.35 bits per heavy atom. The molecule has 3 aromatic carbocycles. The highest BCUT2D eigenvalue weighted by Crippen LogP contribution is 2.29. The first-order valence-corrected chi connectivity index (χ1v) is 8.13. The molecule has 130 valence electrons. The fraction of sp³-hybridized carbons (Fsp3) is 0.0455. The number of allylic oxidation sites excluding steroid dienone is 1. The smallest absolute Gasteiger partial charge is 0.193 e. The largest absolute Gasteiger partial charge is 0.508 e. The highest BCUT2D eigenvalue weighted by Gasteiger charge is 2.15. The zero-order chi connectivity index (χ0) is 18.4. The van der Waals surface area contributed by atoms with Crippen LogP contribution in [0.15, 0.2) is 78.9 Å². The molecule has 2 N–H and O–H groups in total. The molecule has 0 aromatic heterocycles. The van der Waals surface area contributed by atoms with Gasteiger partial charge in [0.05, 0.1) is 0 Å². The van der Waals surface area contributed by atoms with Gasteiger partial charge in [-0.1, -0.05) is 54.6 Å². The fourth-order valence-corrected chi connectivity index (χ4v) is 2.46. The minimum absolute atomic E-state index is 0.124. The Bertz CT molecular complexity index is 913. The number of carbonyl (C=O) groups is 1. The van der Waals surface area contributed by atoms with E-state index in [9.17, 15) is 15.0 Å². The third-order valence-corrected chi connectivity index (χ3v) is 3.81. The molecule has 0 heterocycles. The summed E-state index contributed by atoms with van der Waals surface area (Å²) in [7, 11) is 0. The quantitative estimate of drug-likeness (QED) is 0.507. The van der Waals surface area contributed by atoms with Crippen LogP contribution in [0.5, 0.6) is 17.2 Å². The van der Waals surface area contributed by atoms with Gasteiger partial charge in [0.15, 0.2) is 5.78 Å². The summed E-state index contributed by atoms with van der Waals surface area (Å²) in [6, 6.07) is 20.8. The number of phenolic OH excluding ortho intramolecular Hbond substituents is 2. The van der Waals surface area contributed by atoms with Gasteiger partial charge in [-0.2, -0.15) is 0 Å². The lowest BCUT2D eigenvalue weighted by Gasteiger charge is -2.11. The molecule has 0 unspecified atom stereocenters. The summed E-state index contributed by atoms with van der Waals surface area (Å²) in [6.45, 7) is 0.298. The van der Waals surface area contributed by atoms with E-state index in [1.807, 2.05) is 30.3 Å². The topological polar surface area (TPSA) is 66.8 Å². The standard InChI is InChI=1S/C22H18O4/c23-18-12-9-16(10-13-18)11-14-20(25)22-19(24)7-4-8-21(22)26-15-17-5-2-1-3-6-17/h1-14,23-24H,15H2. The number of hydrogen-bond donors (Lipinski definition) is 2. The molecule has 4 heteroatoms. The predicted octanol–water partition coefficient (Wildman–Crippen LogP) is 4.57. The Balaban J connectivity index is 1.79. The summed E-state index contributed by atoms with van der Waals surface area (Å²) in [5.41, 5.74) is 1.85. The van der Waals surface area contributed by atoms with Gasteiger partial charge < -0.3 is 14.9 Å². The second-order valence-electron chi connectivity index (χ2n) is 5.71. The minimum atomic E-state index is -0.362. The van der Waals surface area contributed by atoms with Crippen molar-refractivity contribution in [2.24, 2.45) is 0 Å². The molecule has 3 rings (SSSR count). The van der Waals surface area contributed by atoms with Crippen LogP contribution in [0.25, 0.3) is 6.08 Å². The molecule has 0 amide bonds. The van der Waals surface area contributed by atoms with Gasteiger partial charge in [-0.15, -0.1) is 0 Å². The Labute approximate surface area is 151 Å². The van der Waals surface area contributed by atoms with Crippen LogP contribution >= 0.6 is 0 Å². The average molecular weight is 346 g/mol. The highest BCUT2D eigenvalue weighted by atomic mass is 16.5. The number of ketones is 1. The maximum Gasteiger partial charge on any atom is 0.193 e. The van der Waals surface area contributed by atoms with Crippen molar-refractivity contribution in [3.05, 3.63) is 95.6 Å². The van der Waals surface area contributed by atoms with Crippen LogP contribution in [-0.2, 0) is 6.61 Å². The Morgan fingerprint density at radius 1 is 0.885 bits per heavy atom. The lowest BCUT2D eigenvalue weighted by molar-refractivity contribution is 0.104. The minimum Gasteiger partial charge on any atom is -0.508 e. The number of aromatic hydroxyl groups is 2. The number of benzene rings is 3. The number of carbonyl (C=O) groups excluding carboxylic acids is 1. The lowest BCUT2D eigenvalue weighted by Crippen LogP contribution is -2.03. The fourth-order valence-electron chi connectivity index (χ4n) is 2.46.